The van der Waals surface area contributed by atoms with Gasteiger partial charge in [0.15, 0.2) is 25.2 Å². The maximum absolute atomic E-state index is 10.0. The minimum absolute atomic E-state index is 0.0570. The Morgan fingerprint density at radius 3 is 1.66 bits per heavy atom. The molecule has 0 saturated carbocycles. The summed E-state index contributed by atoms with van der Waals surface area (Å²) in [6.07, 6.45) is 6.53. The zero-order valence-corrected chi connectivity index (χ0v) is 33.1. The van der Waals surface area contributed by atoms with Crippen molar-refractivity contribution in [2.75, 3.05) is 39.6 Å². The molecule has 4 atom stereocenters. The Kier molecular flexibility index (Phi) is 23.8. The van der Waals surface area contributed by atoms with Crippen LogP contribution >= 0.6 is 23.5 Å². The molecule has 0 aromatic heterocycles. The Labute approximate surface area is 323 Å². The predicted molar refractivity (Wildman–Crippen MR) is 206 cm³/mol. The summed E-state index contributed by atoms with van der Waals surface area (Å²) in [6.45, 7) is 21.8. The van der Waals surface area contributed by atoms with E-state index >= 15 is 0 Å². The first-order valence-corrected chi connectivity index (χ1v) is 19.9. The van der Waals surface area contributed by atoms with Gasteiger partial charge >= 0.3 is 0 Å². The van der Waals surface area contributed by atoms with Crippen LogP contribution in [-0.2, 0) is 18.9 Å². The number of benzene rings is 1. The number of allylic oxidation sites excluding steroid dienone is 1. The van der Waals surface area contributed by atoms with Gasteiger partial charge in [0.1, 0.15) is 11.5 Å². The van der Waals surface area contributed by atoms with Crippen LogP contribution in [0.5, 0.6) is 11.5 Å². The van der Waals surface area contributed by atoms with Crippen LogP contribution in [0.2, 0.25) is 0 Å². The van der Waals surface area contributed by atoms with Gasteiger partial charge in [-0.1, -0.05) is 75.2 Å². The number of rotatable bonds is 30. The number of ether oxygens (including phenoxy) is 6. The number of aliphatic hydroxyl groups excluding tert-OH is 4. The molecule has 1 aromatic carbocycles. The smallest absolute Gasteiger partial charge is 0.282 e. The van der Waals surface area contributed by atoms with Crippen LogP contribution in [-0.4, -0.2) is 85.2 Å². The van der Waals surface area contributed by atoms with Crippen LogP contribution in [0.3, 0.4) is 0 Å². The molecule has 1 heterocycles. The lowest BCUT2D eigenvalue weighted by atomic mass is 10.1. The van der Waals surface area contributed by atoms with Crippen molar-refractivity contribution in [1.29, 1.82) is 5.26 Å². The van der Waals surface area contributed by atoms with E-state index < -0.39 is 25.2 Å². The third-order valence-electron chi connectivity index (χ3n) is 8.02. The van der Waals surface area contributed by atoms with Gasteiger partial charge in [-0.25, -0.2) is 10.1 Å². The van der Waals surface area contributed by atoms with Gasteiger partial charge in [-0.05, 0) is 82.1 Å². The third-order valence-corrected chi connectivity index (χ3v) is 10.6. The zero-order valence-electron chi connectivity index (χ0n) is 31.5. The average molecular weight is 779 g/mol. The van der Waals surface area contributed by atoms with Gasteiger partial charge in [-0.3, -0.25) is 0 Å². The van der Waals surface area contributed by atoms with E-state index in [2.05, 4.69) is 18.0 Å². The number of hydrogen-bond acceptors (Lipinski definition) is 13. The third kappa shape index (κ3) is 18.5. The van der Waals surface area contributed by atoms with Crippen molar-refractivity contribution in [3.05, 3.63) is 57.3 Å². The van der Waals surface area contributed by atoms with Crippen molar-refractivity contribution in [3.63, 3.8) is 0 Å². The summed E-state index contributed by atoms with van der Waals surface area (Å²) in [4.78, 5) is 5.17. The molecule has 12 nitrogen and oxygen atoms in total. The van der Waals surface area contributed by atoms with E-state index in [9.17, 15) is 25.7 Å². The van der Waals surface area contributed by atoms with E-state index in [-0.39, 0.29) is 32.1 Å². The molecule has 1 aliphatic rings. The molecule has 0 saturated heterocycles. The number of unbranched alkanes of at least 4 members (excludes halogenated alkanes) is 8. The van der Waals surface area contributed by atoms with Gasteiger partial charge in [-0.15, -0.1) is 0 Å². The topological polar surface area (TPSA) is 164 Å². The lowest BCUT2D eigenvalue weighted by molar-refractivity contribution is -0.140. The van der Waals surface area contributed by atoms with Crippen molar-refractivity contribution < 1.29 is 48.8 Å². The van der Waals surface area contributed by atoms with Crippen molar-refractivity contribution in [1.82, 2.24) is 0 Å². The van der Waals surface area contributed by atoms with Gasteiger partial charge < -0.3 is 48.8 Å². The number of thioether (sulfide) groups is 2. The predicted octanol–water partition coefficient (Wildman–Crippen LogP) is 7.74. The summed E-state index contributed by atoms with van der Waals surface area (Å²) in [5.41, 5.74) is 2.02. The molecule has 0 fully saturated rings. The summed E-state index contributed by atoms with van der Waals surface area (Å²) in [7, 11) is 0. The van der Waals surface area contributed by atoms with Crippen LogP contribution in [0.25, 0.3) is 4.85 Å². The number of hydrogen-bond donors (Lipinski definition) is 4. The van der Waals surface area contributed by atoms with Crippen LogP contribution in [0.1, 0.15) is 96.5 Å². The molecular weight excluding hydrogens is 721 g/mol. The van der Waals surface area contributed by atoms with E-state index in [0.717, 1.165) is 91.1 Å². The van der Waals surface area contributed by atoms with E-state index in [4.69, 9.17) is 35.0 Å². The molecule has 0 aliphatic carbocycles. The van der Waals surface area contributed by atoms with Gasteiger partial charge in [0.2, 0.25) is 0 Å². The minimum atomic E-state index is -1.02. The SMILES string of the molecule is [C-]#[N+]/C(C#N)=C1\Sc2c(OCCCCCCCC(O)OCCOC(O)C(=C)C)cc(C)c(OCCCCCCCC(O)OCCOC(O)C(=C)C)c2S1. The first kappa shape index (κ1) is 46.6. The maximum atomic E-state index is 10.0. The summed E-state index contributed by atoms with van der Waals surface area (Å²) in [5, 5.41) is 48.6. The molecule has 296 valence electrons. The standard InChI is InChI=1S/C39H58N2O10S2/c1-27(2)37(44)50-23-21-47-32(42)17-13-9-7-11-15-19-46-31-25-29(5)34(36-35(31)52-39(53-36)30(26-40)41-6)49-20-16-12-8-10-14-18-33(43)48-22-24-51-38(45)28(3)4/h25,32-33,37-38,42-45H,1,3,7-24H2,2,4-5H3/b39-30+. The minimum Gasteiger partial charge on any atom is -0.492 e. The summed E-state index contributed by atoms with van der Waals surface area (Å²) in [5.74, 6) is 1.48. The average Bonchev–Trinajstić information content (AvgIpc) is 3.57. The molecular formula is C39H58N2O10S2. The maximum Gasteiger partial charge on any atom is 0.282 e. The number of nitrogens with zero attached hydrogens (tertiary/aromatic N) is 2. The molecule has 53 heavy (non-hydrogen) atoms. The fourth-order valence-corrected chi connectivity index (χ4v) is 7.59. The van der Waals surface area contributed by atoms with Gasteiger partial charge in [0, 0.05) is 0 Å². The highest BCUT2D eigenvalue weighted by Gasteiger charge is 2.30. The molecule has 0 bridgehead atoms. The fourth-order valence-electron chi connectivity index (χ4n) is 5.01. The lowest BCUT2D eigenvalue weighted by Crippen LogP contribution is -2.20. The molecule has 0 amide bonds. The molecule has 0 radical (unpaired) electrons. The van der Waals surface area contributed by atoms with Crippen molar-refractivity contribution in [3.8, 4) is 17.6 Å². The quantitative estimate of drug-likeness (QED) is 0.0197. The Bertz CT molecular complexity index is 1380. The second-order valence-electron chi connectivity index (χ2n) is 12.8. The number of fused-ring (bicyclic) bond motifs is 1. The van der Waals surface area contributed by atoms with Gasteiger partial charge in [0.05, 0.1) is 66.3 Å². The van der Waals surface area contributed by atoms with Crippen LogP contribution < -0.4 is 9.47 Å². The van der Waals surface area contributed by atoms with E-state index in [1.54, 1.807) is 13.8 Å². The molecule has 14 heteroatoms. The number of nitriles is 1. The highest BCUT2D eigenvalue weighted by atomic mass is 32.2. The van der Waals surface area contributed by atoms with E-state index in [0.29, 0.717) is 41.4 Å². The Morgan fingerprint density at radius 2 is 1.17 bits per heavy atom. The monoisotopic (exact) mass is 778 g/mol. The largest absolute Gasteiger partial charge is 0.492 e. The van der Waals surface area contributed by atoms with E-state index in [1.165, 1.54) is 23.5 Å². The Hall–Kier alpha value is -2.60. The second-order valence-corrected chi connectivity index (χ2v) is 15.1. The second kappa shape index (κ2) is 27.1. The number of aryl methyl sites for hydroxylation is 1. The van der Waals surface area contributed by atoms with Gasteiger partial charge in [-0.2, -0.15) is 0 Å². The molecule has 4 unspecified atom stereocenters. The van der Waals surface area contributed by atoms with E-state index in [1.807, 2.05) is 19.1 Å². The summed E-state index contributed by atoms with van der Waals surface area (Å²) < 4.78 is 34.1. The summed E-state index contributed by atoms with van der Waals surface area (Å²) >= 11 is 2.77. The zero-order chi connectivity index (χ0) is 39.0. The highest BCUT2D eigenvalue weighted by molar-refractivity contribution is 8.24. The molecule has 0 spiro atoms. The van der Waals surface area contributed by atoms with Crippen LogP contribution in [0.15, 0.2) is 50.1 Å². The van der Waals surface area contributed by atoms with Crippen molar-refractivity contribution in [2.45, 2.75) is 133 Å². The fraction of sp³-hybridized carbons (Fsp3) is 0.641. The highest BCUT2D eigenvalue weighted by Crippen LogP contribution is 2.59. The molecule has 4 N–H and O–H groups in total. The van der Waals surface area contributed by atoms with Gasteiger partial charge in [0.25, 0.3) is 5.70 Å². The molecule has 1 aromatic rings. The normalized spacial score (nSPS) is 15.5. The Balaban J connectivity index is 1.72. The first-order chi connectivity index (χ1) is 25.5. The molecule has 2 rings (SSSR count). The van der Waals surface area contributed by atoms with Crippen molar-refractivity contribution in [2.24, 2.45) is 0 Å². The lowest BCUT2D eigenvalue weighted by Gasteiger charge is -2.17. The summed E-state index contributed by atoms with van der Waals surface area (Å²) in [6, 6.07) is 3.98. The molecule has 1 aliphatic heterocycles. The van der Waals surface area contributed by atoms with Crippen LogP contribution in [0.4, 0.5) is 0 Å². The number of aliphatic hydroxyl groups is 4. The van der Waals surface area contributed by atoms with Crippen LogP contribution in [0, 0.1) is 24.8 Å². The first-order valence-electron chi connectivity index (χ1n) is 18.3. The van der Waals surface area contributed by atoms with Crippen molar-refractivity contribution >= 4 is 23.5 Å². The Morgan fingerprint density at radius 1 is 0.717 bits per heavy atom.